The van der Waals surface area contributed by atoms with Crippen LogP contribution in [-0.4, -0.2) is 34.1 Å². The molecular weight excluding hydrogens is 256 g/mol. The summed E-state index contributed by atoms with van der Waals surface area (Å²) in [6.45, 7) is 7.38. The van der Waals surface area contributed by atoms with E-state index in [0.29, 0.717) is 12.0 Å². The highest BCUT2D eigenvalue weighted by Gasteiger charge is 2.16. The number of rotatable bonds is 6. The Labute approximate surface area is 120 Å². The van der Waals surface area contributed by atoms with Gasteiger partial charge in [-0.25, -0.2) is 9.97 Å². The maximum Gasteiger partial charge on any atom is 0.135 e. The van der Waals surface area contributed by atoms with E-state index in [1.54, 1.807) is 0 Å². The Kier molecular flexibility index (Phi) is 5.31. The van der Waals surface area contributed by atoms with E-state index in [0.717, 1.165) is 30.4 Å². The minimum atomic E-state index is 0.349. The summed E-state index contributed by atoms with van der Waals surface area (Å²) >= 11 is 2.01. The third-order valence-corrected chi connectivity index (χ3v) is 4.26. The normalized spacial score (nSPS) is 18.8. The molecule has 1 fully saturated rings. The third kappa shape index (κ3) is 4.27. The van der Waals surface area contributed by atoms with Crippen molar-refractivity contribution in [3.8, 4) is 0 Å². The highest BCUT2D eigenvalue weighted by atomic mass is 32.2. The summed E-state index contributed by atoms with van der Waals surface area (Å²) in [6.07, 6.45) is 2.33. The molecule has 2 rings (SSSR count). The van der Waals surface area contributed by atoms with Crippen LogP contribution in [0.4, 0.5) is 11.6 Å². The Morgan fingerprint density at radius 1 is 1.37 bits per heavy atom. The van der Waals surface area contributed by atoms with Crippen molar-refractivity contribution in [3.63, 3.8) is 0 Å². The van der Waals surface area contributed by atoms with Gasteiger partial charge in [-0.1, -0.05) is 20.8 Å². The lowest BCUT2D eigenvalue weighted by Crippen LogP contribution is -2.20. The van der Waals surface area contributed by atoms with Gasteiger partial charge in [0, 0.05) is 30.3 Å². The minimum Gasteiger partial charge on any atom is -0.370 e. The standard InChI is InChI=1S/C14H24N4S/c1-4-6-15-12-8-13(16-11-5-7-19-9-11)18-14(17-12)10(2)3/h8,10-11H,4-7,9H2,1-3H3,(H2,15,16,17,18). The molecule has 1 aromatic heterocycles. The van der Waals surface area contributed by atoms with Gasteiger partial charge in [0.2, 0.25) is 0 Å². The molecule has 1 atom stereocenters. The number of hydrogen-bond acceptors (Lipinski definition) is 5. The molecule has 0 radical (unpaired) electrons. The molecule has 5 heteroatoms. The van der Waals surface area contributed by atoms with Gasteiger partial charge in [0.05, 0.1) is 0 Å². The Balaban J connectivity index is 2.12. The monoisotopic (exact) mass is 280 g/mol. The first-order valence-electron chi connectivity index (χ1n) is 7.16. The van der Waals surface area contributed by atoms with Crippen molar-refractivity contribution in [2.24, 2.45) is 0 Å². The predicted octanol–water partition coefficient (Wildman–Crippen LogP) is 3.34. The molecule has 0 bridgehead atoms. The molecular formula is C14H24N4S. The lowest BCUT2D eigenvalue weighted by molar-refractivity contribution is 0.760. The molecule has 0 aliphatic carbocycles. The van der Waals surface area contributed by atoms with Gasteiger partial charge in [-0.3, -0.25) is 0 Å². The van der Waals surface area contributed by atoms with E-state index in [2.05, 4.69) is 41.4 Å². The second-order valence-electron chi connectivity index (χ2n) is 5.28. The fourth-order valence-electron chi connectivity index (χ4n) is 2.00. The number of aromatic nitrogens is 2. The van der Waals surface area contributed by atoms with Gasteiger partial charge >= 0.3 is 0 Å². The van der Waals surface area contributed by atoms with Crippen LogP contribution in [0.5, 0.6) is 0 Å². The van der Waals surface area contributed by atoms with Crippen molar-refractivity contribution >= 4 is 23.4 Å². The zero-order chi connectivity index (χ0) is 13.7. The Morgan fingerprint density at radius 3 is 2.79 bits per heavy atom. The minimum absolute atomic E-state index is 0.349. The molecule has 19 heavy (non-hydrogen) atoms. The molecule has 1 aliphatic heterocycles. The average Bonchev–Trinajstić information content (AvgIpc) is 2.89. The van der Waals surface area contributed by atoms with Crippen LogP contribution in [0.1, 0.15) is 45.4 Å². The quantitative estimate of drug-likeness (QED) is 0.837. The number of nitrogens with zero attached hydrogens (tertiary/aromatic N) is 2. The molecule has 2 N–H and O–H groups in total. The fourth-order valence-corrected chi connectivity index (χ4v) is 3.15. The van der Waals surface area contributed by atoms with E-state index in [9.17, 15) is 0 Å². The first-order chi connectivity index (χ1) is 9.19. The lowest BCUT2D eigenvalue weighted by atomic mass is 10.2. The molecule has 1 aromatic rings. The molecule has 0 saturated carbocycles. The van der Waals surface area contributed by atoms with Crippen LogP contribution in [0, 0.1) is 0 Å². The Bertz CT molecular complexity index is 402. The molecule has 4 nitrogen and oxygen atoms in total. The highest BCUT2D eigenvalue weighted by Crippen LogP contribution is 2.23. The second kappa shape index (κ2) is 6.98. The zero-order valence-corrected chi connectivity index (χ0v) is 12.9. The van der Waals surface area contributed by atoms with Crippen molar-refractivity contribution in [2.75, 3.05) is 28.7 Å². The van der Waals surface area contributed by atoms with Crippen LogP contribution in [0.2, 0.25) is 0 Å². The van der Waals surface area contributed by atoms with E-state index < -0.39 is 0 Å². The summed E-state index contributed by atoms with van der Waals surface area (Å²) in [6, 6.07) is 2.59. The topological polar surface area (TPSA) is 49.8 Å². The van der Waals surface area contributed by atoms with E-state index >= 15 is 0 Å². The summed E-state index contributed by atoms with van der Waals surface area (Å²) in [4.78, 5) is 9.21. The summed E-state index contributed by atoms with van der Waals surface area (Å²) in [5.41, 5.74) is 0. The van der Waals surface area contributed by atoms with E-state index in [1.165, 1.54) is 17.9 Å². The van der Waals surface area contributed by atoms with Crippen LogP contribution in [0.25, 0.3) is 0 Å². The molecule has 0 spiro atoms. The van der Waals surface area contributed by atoms with Gasteiger partial charge in [-0.15, -0.1) is 0 Å². The maximum atomic E-state index is 4.63. The summed E-state index contributed by atoms with van der Waals surface area (Å²) in [7, 11) is 0. The summed E-state index contributed by atoms with van der Waals surface area (Å²) < 4.78 is 0. The van der Waals surface area contributed by atoms with Gasteiger partial charge in [-0.2, -0.15) is 11.8 Å². The third-order valence-electron chi connectivity index (χ3n) is 3.10. The van der Waals surface area contributed by atoms with E-state index in [1.807, 2.05) is 17.8 Å². The Morgan fingerprint density at radius 2 is 2.16 bits per heavy atom. The smallest absolute Gasteiger partial charge is 0.135 e. The van der Waals surface area contributed by atoms with Crippen molar-refractivity contribution in [1.82, 2.24) is 9.97 Å². The fraction of sp³-hybridized carbons (Fsp3) is 0.714. The summed E-state index contributed by atoms with van der Waals surface area (Å²) in [5.74, 6) is 5.59. The number of hydrogen-bond donors (Lipinski definition) is 2. The zero-order valence-electron chi connectivity index (χ0n) is 12.1. The molecule has 1 saturated heterocycles. The Hall–Kier alpha value is -0.970. The van der Waals surface area contributed by atoms with Crippen molar-refractivity contribution in [1.29, 1.82) is 0 Å². The van der Waals surface area contributed by atoms with Gasteiger partial charge in [-0.05, 0) is 18.6 Å². The number of anilines is 2. The molecule has 0 amide bonds. The molecule has 2 heterocycles. The van der Waals surface area contributed by atoms with Crippen LogP contribution in [0.3, 0.4) is 0 Å². The first kappa shape index (κ1) is 14.4. The van der Waals surface area contributed by atoms with Gasteiger partial charge in [0.25, 0.3) is 0 Å². The van der Waals surface area contributed by atoms with Crippen LogP contribution >= 0.6 is 11.8 Å². The van der Waals surface area contributed by atoms with Crippen LogP contribution in [-0.2, 0) is 0 Å². The highest BCUT2D eigenvalue weighted by molar-refractivity contribution is 7.99. The average molecular weight is 280 g/mol. The van der Waals surface area contributed by atoms with Crippen LogP contribution in [0.15, 0.2) is 6.07 Å². The van der Waals surface area contributed by atoms with Gasteiger partial charge in [0.15, 0.2) is 0 Å². The SMILES string of the molecule is CCCNc1cc(NC2CCSC2)nc(C(C)C)n1. The first-order valence-corrected chi connectivity index (χ1v) is 8.31. The van der Waals surface area contributed by atoms with Crippen molar-refractivity contribution in [2.45, 2.75) is 45.6 Å². The lowest BCUT2D eigenvalue weighted by Gasteiger charge is -2.15. The number of thioether (sulfide) groups is 1. The van der Waals surface area contributed by atoms with E-state index in [-0.39, 0.29) is 0 Å². The molecule has 0 aromatic carbocycles. The van der Waals surface area contributed by atoms with Gasteiger partial charge in [0.1, 0.15) is 17.5 Å². The van der Waals surface area contributed by atoms with Crippen molar-refractivity contribution in [3.05, 3.63) is 11.9 Å². The predicted molar refractivity (Wildman–Crippen MR) is 84.3 cm³/mol. The van der Waals surface area contributed by atoms with E-state index in [4.69, 9.17) is 0 Å². The molecule has 106 valence electrons. The largest absolute Gasteiger partial charge is 0.370 e. The van der Waals surface area contributed by atoms with Crippen molar-refractivity contribution < 1.29 is 0 Å². The van der Waals surface area contributed by atoms with Gasteiger partial charge < -0.3 is 10.6 Å². The maximum absolute atomic E-state index is 4.63. The number of nitrogens with one attached hydrogen (secondary N) is 2. The summed E-state index contributed by atoms with van der Waals surface area (Å²) in [5, 5.41) is 6.90. The second-order valence-corrected chi connectivity index (χ2v) is 6.43. The molecule has 1 unspecified atom stereocenters. The van der Waals surface area contributed by atoms with Crippen LogP contribution < -0.4 is 10.6 Å². The molecule has 1 aliphatic rings.